The second-order valence-corrected chi connectivity index (χ2v) is 17.4. The molecule has 0 aliphatic carbocycles. The number of rotatable bonds is 39. The number of allylic oxidation sites excluding steroid dienone is 9. The van der Waals surface area contributed by atoms with Crippen molar-refractivity contribution < 1.29 is 52.3 Å². The lowest BCUT2D eigenvalue weighted by Crippen LogP contribution is -2.37. The van der Waals surface area contributed by atoms with E-state index in [2.05, 4.69) is 62.5 Å². The molecular weight excluding hydrogens is 757 g/mol. The quantitative estimate of drug-likeness (QED) is 0.0201. The molecule has 11 nitrogen and oxygen atoms in total. The van der Waals surface area contributed by atoms with Gasteiger partial charge in [-0.2, -0.15) is 0 Å². The van der Waals surface area contributed by atoms with Crippen LogP contribution in [0, 0.1) is 0 Å². The molecule has 0 aliphatic rings. The summed E-state index contributed by atoms with van der Waals surface area (Å²) in [4.78, 5) is 37.6. The van der Waals surface area contributed by atoms with E-state index in [1.54, 1.807) is 0 Å². The first kappa shape index (κ1) is 55.6. The van der Waals surface area contributed by atoms with E-state index in [9.17, 15) is 29.3 Å². The molecule has 2 N–H and O–H groups in total. The van der Waals surface area contributed by atoms with E-state index < -0.39 is 51.3 Å². The highest BCUT2D eigenvalue weighted by Gasteiger charge is 2.22. The highest BCUT2D eigenvalue weighted by atomic mass is 31.2. The molecule has 58 heavy (non-hydrogen) atoms. The lowest BCUT2D eigenvalue weighted by atomic mass is 10.0. The van der Waals surface area contributed by atoms with Gasteiger partial charge in [-0.05, 0) is 83.5 Å². The number of phosphoric acid groups is 1. The van der Waals surface area contributed by atoms with Crippen LogP contribution in [0.1, 0.15) is 155 Å². The summed E-state index contributed by atoms with van der Waals surface area (Å²) in [6.07, 6.45) is 37.0. The molecule has 3 unspecified atom stereocenters. The molecule has 0 saturated heterocycles. The van der Waals surface area contributed by atoms with E-state index in [1.165, 1.54) is 38.5 Å². The Balaban J connectivity index is 4.63. The first-order chi connectivity index (χ1) is 27.8. The number of quaternary nitrogens is 1. The number of unbranched alkanes of at least 4 members (excludes halogenated alkanes) is 11. The highest BCUT2D eigenvalue weighted by molar-refractivity contribution is 7.45. The summed E-state index contributed by atoms with van der Waals surface area (Å²) in [5.74, 6) is -1.14. The SMILES string of the molecule is CCCCC/C=C\C/C=C\C/C=C\CC(O)C(O)CCCC(=O)OC[C@H](COP(=O)([O-])OCC[N+](C)(C)C)OC(=O)CCCCCCC/C=C\C/C=C\CCCCC. The zero-order chi connectivity index (χ0) is 43.2. The molecule has 0 spiro atoms. The van der Waals surface area contributed by atoms with Gasteiger partial charge in [-0.1, -0.05) is 120 Å². The van der Waals surface area contributed by atoms with E-state index in [0.29, 0.717) is 23.9 Å². The van der Waals surface area contributed by atoms with E-state index in [0.717, 1.165) is 64.2 Å². The van der Waals surface area contributed by atoms with Crippen molar-refractivity contribution in [1.82, 2.24) is 0 Å². The van der Waals surface area contributed by atoms with Gasteiger partial charge >= 0.3 is 11.9 Å². The standard InChI is InChI=1S/C46H82NO10P/c1-6-8-10-12-14-16-18-20-21-22-24-26-28-30-32-36-46(51)57-42(41-56-58(52,53)55-39-38-47(3,4)5)40-54-45(50)37-33-35-44(49)43(48)34-31-29-27-25-23-19-17-15-13-11-9-7-2/h14-17,20-21,23,25,29,31,42-44,48-49H,6-13,18-19,22,24,26-28,30,32-41H2,1-5H3/b16-14-,17-15-,21-20-,25-23-,31-29-/t42-,43?,44?/m1/s1. The van der Waals surface area contributed by atoms with Crippen molar-refractivity contribution >= 4 is 19.8 Å². The molecule has 336 valence electrons. The molecular formula is C46H82NO10P. The number of ether oxygens (including phenoxy) is 2. The zero-order valence-electron chi connectivity index (χ0n) is 36.9. The van der Waals surface area contributed by atoms with Crippen LogP contribution in [-0.2, 0) is 32.7 Å². The number of nitrogens with zero attached hydrogens (tertiary/aromatic N) is 1. The van der Waals surface area contributed by atoms with Crippen LogP contribution in [-0.4, -0.2) is 92.5 Å². The molecule has 0 amide bonds. The van der Waals surface area contributed by atoms with Crippen LogP contribution in [0.5, 0.6) is 0 Å². The fraction of sp³-hybridized carbons (Fsp3) is 0.739. The number of phosphoric ester groups is 1. The van der Waals surface area contributed by atoms with Gasteiger partial charge in [0.2, 0.25) is 0 Å². The summed E-state index contributed by atoms with van der Waals surface area (Å²) in [6.45, 7) is 3.80. The molecule has 0 aromatic carbocycles. The van der Waals surface area contributed by atoms with Crippen molar-refractivity contribution in [3.8, 4) is 0 Å². The van der Waals surface area contributed by atoms with Crippen LogP contribution >= 0.6 is 7.82 Å². The Morgan fingerprint density at radius 3 is 1.69 bits per heavy atom. The van der Waals surface area contributed by atoms with Gasteiger partial charge in [0.15, 0.2) is 6.10 Å². The van der Waals surface area contributed by atoms with Crippen LogP contribution in [0.25, 0.3) is 0 Å². The maximum Gasteiger partial charge on any atom is 0.306 e. The smallest absolute Gasteiger partial charge is 0.306 e. The van der Waals surface area contributed by atoms with E-state index in [4.69, 9.17) is 18.5 Å². The van der Waals surface area contributed by atoms with Crippen molar-refractivity contribution in [2.45, 2.75) is 173 Å². The Kier molecular flexibility index (Phi) is 36.1. The Hall–Kier alpha value is -2.37. The zero-order valence-corrected chi connectivity index (χ0v) is 37.8. The number of hydrogen-bond donors (Lipinski definition) is 2. The number of aliphatic hydroxyl groups excluding tert-OH is 2. The average molecular weight is 840 g/mol. The largest absolute Gasteiger partial charge is 0.756 e. The minimum atomic E-state index is -4.70. The van der Waals surface area contributed by atoms with Crippen molar-refractivity contribution in [2.75, 3.05) is 47.5 Å². The second-order valence-electron chi connectivity index (χ2n) is 16.0. The third-order valence-electron chi connectivity index (χ3n) is 9.21. The van der Waals surface area contributed by atoms with Crippen LogP contribution in [0.2, 0.25) is 0 Å². The molecule has 12 heteroatoms. The van der Waals surface area contributed by atoms with Gasteiger partial charge in [-0.25, -0.2) is 0 Å². The summed E-state index contributed by atoms with van der Waals surface area (Å²) in [7, 11) is 0.994. The number of hydrogen-bond acceptors (Lipinski definition) is 10. The lowest BCUT2D eigenvalue weighted by molar-refractivity contribution is -0.870. The van der Waals surface area contributed by atoms with Crippen molar-refractivity contribution in [3.05, 3.63) is 60.8 Å². The van der Waals surface area contributed by atoms with Crippen LogP contribution in [0.4, 0.5) is 0 Å². The molecule has 4 atom stereocenters. The maximum atomic E-state index is 12.7. The molecule has 0 bridgehead atoms. The predicted octanol–water partition coefficient (Wildman–Crippen LogP) is 9.77. The van der Waals surface area contributed by atoms with Gasteiger partial charge < -0.3 is 38.1 Å². The van der Waals surface area contributed by atoms with Crippen molar-refractivity contribution in [3.63, 3.8) is 0 Å². The van der Waals surface area contributed by atoms with E-state index in [-0.39, 0.29) is 32.3 Å². The molecule has 0 rings (SSSR count). The summed E-state index contributed by atoms with van der Waals surface area (Å²) in [5.41, 5.74) is 0. The third-order valence-corrected chi connectivity index (χ3v) is 10.2. The Bertz CT molecular complexity index is 1210. The molecule has 0 aromatic rings. The van der Waals surface area contributed by atoms with Gasteiger partial charge in [-0.3, -0.25) is 14.2 Å². The topological polar surface area (TPSA) is 152 Å². The third kappa shape index (κ3) is 39.1. The van der Waals surface area contributed by atoms with Crippen LogP contribution < -0.4 is 4.89 Å². The lowest BCUT2D eigenvalue weighted by Gasteiger charge is -2.28. The Labute approximate surface area is 352 Å². The fourth-order valence-electron chi connectivity index (χ4n) is 5.55. The minimum Gasteiger partial charge on any atom is -0.756 e. The van der Waals surface area contributed by atoms with Crippen molar-refractivity contribution in [1.29, 1.82) is 0 Å². The van der Waals surface area contributed by atoms with Gasteiger partial charge in [0.1, 0.15) is 19.8 Å². The summed E-state index contributed by atoms with van der Waals surface area (Å²) in [5, 5.41) is 20.7. The van der Waals surface area contributed by atoms with E-state index >= 15 is 0 Å². The van der Waals surface area contributed by atoms with Gasteiger partial charge in [0, 0.05) is 12.8 Å². The molecule has 0 radical (unpaired) electrons. The van der Waals surface area contributed by atoms with Gasteiger partial charge in [0.05, 0.1) is 40.0 Å². The molecule has 0 aromatic heterocycles. The number of carbonyl (C=O) groups excluding carboxylic acids is 2. The monoisotopic (exact) mass is 840 g/mol. The Morgan fingerprint density at radius 1 is 0.621 bits per heavy atom. The molecule has 0 saturated carbocycles. The predicted molar refractivity (Wildman–Crippen MR) is 234 cm³/mol. The average Bonchev–Trinajstić information content (AvgIpc) is 3.17. The van der Waals surface area contributed by atoms with Crippen molar-refractivity contribution in [2.24, 2.45) is 0 Å². The number of esters is 2. The fourth-order valence-corrected chi connectivity index (χ4v) is 6.28. The van der Waals surface area contributed by atoms with Crippen LogP contribution in [0.15, 0.2) is 60.8 Å². The summed E-state index contributed by atoms with van der Waals surface area (Å²) >= 11 is 0. The second kappa shape index (κ2) is 37.6. The number of likely N-dealkylation sites (N-methyl/N-ethyl adjacent to an activating group) is 1. The number of aliphatic hydroxyl groups is 2. The first-order valence-corrected chi connectivity index (χ1v) is 23.6. The summed E-state index contributed by atoms with van der Waals surface area (Å²) in [6, 6.07) is 0. The van der Waals surface area contributed by atoms with Gasteiger partial charge in [-0.15, -0.1) is 0 Å². The maximum absolute atomic E-state index is 12.7. The molecule has 0 aliphatic heterocycles. The summed E-state index contributed by atoms with van der Waals surface area (Å²) < 4.78 is 33.6. The van der Waals surface area contributed by atoms with Crippen LogP contribution in [0.3, 0.4) is 0 Å². The minimum absolute atomic E-state index is 0.0425. The Morgan fingerprint density at radius 2 is 1.12 bits per heavy atom. The first-order valence-electron chi connectivity index (χ1n) is 22.2. The molecule has 0 fully saturated rings. The molecule has 0 heterocycles. The van der Waals surface area contributed by atoms with E-state index in [1.807, 2.05) is 33.3 Å². The normalized spacial score (nSPS) is 15.2. The number of carbonyl (C=O) groups is 2. The highest BCUT2D eigenvalue weighted by Crippen LogP contribution is 2.38. The van der Waals surface area contributed by atoms with Gasteiger partial charge in [0.25, 0.3) is 7.82 Å².